The lowest BCUT2D eigenvalue weighted by atomic mass is 9.99. The molecule has 3 N–H and O–H groups in total. The SMILES string of the molecule is CCc1cccc(CNC[C@@H](O)[C@H](Cc2cc(F)cc(F)c2)NC(=O)c2ccc3c(c2)N(S(C)(=O)=O)CC3)c1. The van der Waals surface area contributed by atoms with Crippen LogP contribution in [0.1, 0.15) is 39.5 Å². The summed E-state index contributed by atoms with van der Waals surface area (Å²) >= 11 is 0. The molecule has 1 heterocycles. The van der Waals surface area contributed by atoms with Crippen molar-refractivity contribution in [1.29, 1.82) is 0 Å². The maximum atomic E-state index is 13.9. The minimum absolute atomic E-state index is 0.0189. The first-order chi connectivity index (χ1) is 18.5. The Morgan fingerprint density at radius 1 is 1.03 bits per heavy atom. The van der Waals surface area contributed by atoms with Crippen LogP contribution in [-0.2, 0) is 35.8 Å². The molecule has 0 fully saturated rings. The van der Waals surface area contributed by atoms with E-state index in [-0.39, 0.29) is 24.1 Å². The second kappa shape index (κ2) is 12.2. The number of amides is 1. The fraction of sp³-hybridized carbons (Fsp3) is 0.345. The lowest BCUT2D eigenvalue weighted by Crippen LogP contribution is -2.48. The van der Waals surface area contributed by atoms with Crippen LogP contribution in [0.25, 0.3) is 0 Å². The molecule has 0 saturated carbocycles. The van der Waals surface area contributed by atoms with Gasteiger partial charge in [-0.15, -0.1) is 0 Å². The van der Waals surface area contributed by atoms with E-state index in [1.165, 1.54) is 15.9 Å². The molecule has 0 spiro atoms. The molecule has 4 rings (SSSR count). The molecule has 1 aliphatic rings. The van der Waals surface area contributed by atoms with E-state index in [4.69, 9.17) is 0 Å². The zero-order chi connectivity index (χ0) is 28.2. The summed E-state index contributed by atoms with van der Waals surface area (Å²) < 4.78 is 53.3. The first-order valence-electron chi connectivity index (χ1n) is 12.9. The molecular formula is C29H33F2N3O4S. The molecule has 39 heavy (non-hydrogen) atoms. The summed E-state index contributed by atoms with van der Waals surface area (Å²) in [6.07, 6.45) is 1.46. The lowest BCUT2D eigenvalue weighted by Gasteiger charge is -2.25. The molecule has 3 aromatic carbocycles. The first-order valence-corrected chi connectivity index (χ1v) is 14.7. The van der Waals surface area contributed by atoms with Gasteiger partial charge in [0.25, 0.3) is 5.91 Å². The lowest BCUT2D eigenvalue weighted by molar-refractivity contribution is 0.0830. The van der Waals surface area contributed by atoms with Crippen molar-refractivity contribution in [2.24, 2.45) is 0 Å². The number of aliphatic hydroxyl groups excluding tert-OH is 1. The minimum Gasteiger partial charge on any atom is -0.390 e. The highest BCUT2D eigenvalue weighted by Gasteiger charge is 2.28. The quantitative estimate of drug-likeness (QED) is 0.336. The van der Waals surface area contributed by atoms with E-state index in [1.807, 2.05) is 18.2 Å². The van der Waals surface area contributed by atoms with Crippen LogP contribution in [-0.4, -0.2) is 50.9 Å². The molecule has 0 saturated heterocycles. The molecule has 0 bridgehead atoms. The Morgan fingerprint density at radius 2 is 1.74 bits per heavy atom. The minimum atomic E-state index is -3.50. The number of carbonyl (C=O) groups excluding carboxylic acids is 1. The molecule has 0 aliphatic carbocycles. The van der Waals surface area contributed by atoms with Gasteiger partial charge in [0.1, 0.15) is 11.6 Å². The predicted molar refractivity (Wildman–Crippen MR) is 147 cm³/mol. The van der Waals surface area contributed by atoms with Crippen molar-refractivity contribution in [3.63, 3.8) is 0 Å². The van der Waals surface area contributed by atoms with Gasteiger partial charge in [-0.05, 0) is 65.8 Å². The molecule has 0 radical (unpaired) electrons. The molecule has 2 atom stereocenters. The van der Waals surface area contributed by atoms with Crippen LogP contribution in [0.5, 0.6) is 0 Å². The highest BCUT2D eigenvalue weighted by Crippen LogP contribution is 2.31. The Labute approximate surface area is 227 Å². The molecule has 208 valence electrons. The highest BCUT2D eigenvalue weighted by atomic mass is 32.2. The number of anilines is 1. The Kier molecular flexibility index (Phi) is 8.99. The van der Waals surface area contributed by atoms with E-state index >= 15 is 0 Å². The fourth-order valence-electron chi connectivity index (χ4n) is 4.82. The number of benzene rings is 3. The van der Waals surface area contributed by atoms with Crippen LogP contribution < -0.4 is 14.9 Å². The van der Waals surface area contributed by atoms with Gasteiger partial charge in [0.2, 0.25) is 10.0 Å². The Balaban J connectivity index is 1.51. The van der Waals surface area contributed by atoms with Crippen molar-refractivity contribution in [2.75, 3.05) is 23.7 Å². The number of aryl methyl sites for hydroxylation is 1. The molecule has 1 aliphatic heterocycles. The molecule has 10 heteroatoms. The zero-order valence-corrected chi connectivity index (χ0v) is 22.8. The van der Waals surface area contributed by atoms with Crippen molar-refractivity contribution < 1.29 is 27.1 Å². The van der Waals surface area contributed by atoms with Crippen LogP contribution in [0.3, 0.4) is 0 Å². The van der Waals surface area contributed by atoms with Crippen molar-refractivity contribution in [3.8, 4) is 0 Å². The van der Waals surface area contributed by atoms with Crippen LogP contribution in [0.2, 0.25) is 0 Å². The molecule has 1 amide bonds. The third-order valence-corrected chi connectivity index (χ3v) is 8.02. The Morgan fingerprint density at radius 3 is 2.44 bits per heavy atom. The molecule has 3 aromatic rings. The molecule has 0 unspecified atom stereocenters. The summed E-state index contributed by atoms with van der Waals surface area (Å²) in [5.41, 5.74) is 4.01. The number of hydrogen-bond donors (Lipinski definition) is 3. The van der Waals surface area contributed by atoms with Gasteiger partial charge in [0.05, 0.1) is 24.1 Å². The van der Waals surface area contributed by atoms with E-state index in [0.29, 0.717) is 25.2 Å². The zero-order valence-electron chi connectivity index (χ0n) is 22.0. The average molecular weight is 558 g/mol. The smallest absolute Gasteiger partial charge is 0.251 e. The van der Waals surface area contributed by atoms with Gasteiger partial charge in [-0.3, -0.25) is 9.10 Å². The van der Waals surface area contributed by atoms with Gasteiger partial charge in [0, 0.05) is 31.3 Å². The van der Waals surface area contributed by atoms with E-state index in [2.05, 4.69) is 23.6 Å². The number of aliphatic hydroxyl groups is 1. The Hall–Kier alpha value is -3.34. The predicted octanol–water partition coefficient (Wildman–Crippen LogP) is 3.34. The second-order valence-corrected chi connectivity index (χ2v) is 11.8. The number of fused-ring (bicyclic) bond motifs is 1. The number of rotatable bonds is 11. The topological polar surface area (TPSA) is 98.7 Å². The number of sulfonamides is 1. The van der Waals surface area contributed by atoms with E-state index in [9.17, 15) is 27.1 Å². The summed E-state index contributed by atoms with van der Waals surface area (Å²) in [5.74, 6) is -2.04. The van der Waals surface area contributed by atoms with Gasteiger partial charge in [-0.25, -0.2) is 17.2 Å². The Bertz CT molecular complexity index is 1430. The number of halogens is 2. The summed E-state index contributed by atoms with van der Waals surface area (Å²) in [7, 11) is -3.50. The maximum Gasteiger partial charge on any atom is 0.251 e. The standard InChI is InChI=1S/C29H33F2N3O4S/c1-3-19-5-4-6-20(11-19)17-32-18-28(35)26(14-21-12-24(30)16-25(31)13-21)33-29(36)23-8-7-22-9-10-34(27(22)15-23)39(2,37)38/h4-8,11-13,15-16,26,28,32,35H,3,9-10,14,17-18H2,1-2H3,(H,33,36)/t26-,28+/m0/s1. The van der Waals surface area contributed by atoms with Crippen molar-refractivity contribution in [2.45, 2.75) is 44.9 Å². The maximum absolute atomic E-state index is 13.9. The van der Waals surface area contributed by atoms with Gasteiger partial charge in [-0.2, -0.15) is 0 Å². The fourth-order valence-corrected chi connectivity index (χ4v) is 5.77. The van der Waals surface area contributed by atoms with Gasteiger partial charge >= 0.3 is 0 Å². The third-order valence-electron chi connectivity index (χ3n) is 6.84. The van der Waals surface area contributed by atoms with Crippen LogP contribution in [0.4, 0.5) is 14.5 Å². The number of nitrogens with one attached hydrogen (secondary N) is 2. The number of nitrogens with zero attached hydrogens (tertiary/aromatic N) is 1. The van der Waals surface area contributed by atoms with Gasteiger partial charge in [-0.1, -0.05) is 37.3 Å². The van der Waals surface area contributed by atoms with Crippen molar-refractivity contribution in [1.82, 2.24) is 10.6 Å². The highest BCUT2D eigenvalue weighted by molar-refractivity contribution is 7.92. The van der Waals surface area contributed by atoms with Gasteiger partial charge < -0.3 is 15.7 Å². The van der Waals surface area contributed by atoms with Crippen LogP contribution in [0.15, 0.2) is 60.7 Å². The molecule has 7 nitrogen and oxygen atoms in total. The normalized spacial score (nSPS) is 14.6. The van der Waals surface area contributed by atoms with Crippen molar-refractivity contribution >= 4 is 21.6 Å². The average Bonchev–Trinajstić information content (AvgIpc) is 3.32. The van der Waals surface area contributed by atoms with E-state index in [1.54, 1.807) is 12.1 Å². The first kappa shape index (κ1) is 28.7. The van der Waals surface area contributed by atoms with E-state index < -0.39 is 39.7 Å². The monoisotopic (exact) mass is 557 g/mol. The second-order valence-electron chi connectivity index (χ2n) is 9.86. The summed E-state index contributed by atoms with van der Waals surface area (Å²) in [4.78, 5) is 13.2. The van der Waals surface area contributed by atoms with Crippen LogP contribution >= 0.6 is 0 Å². The van der Waals surface area contributed by atoms with Crippen molar-refractivity contribution in [3.05, 3.63) is 100 Å². The summed E-state index contributed by atoms with van der Waals surface area (Å²) in [6, 6.07) is 15.1. The largest absolute Gasteiger partial charge is 0.390 e. The summed E-state index contributed by atoms with van der Waals surface area (Å²) in [6.45, 7) is 2.98. The van der Waals surface area contributed by atoms with Gasteiger partial charge in [0.15, 0.2) is 0 Å². The van der Waals surface area contributed by atoms with E-state index in [0.717, 1.165) is 42.0 Å². The number of hydrogen-bond acceptors (Lipinski definition) is 5. The summed E-state index contributed by atoms with van der Waals surface area (Å²) in [5, 5.41) is 17.0. The molecule has 0 aromatic heterocycles. The number of carbonyl (C=O) groups is 1. The molecular weight excluding hydrogens is 524 g/mol. The third kappa shape index (κ3) is 7.40. The van der Waals surface area contributed by atoms with Crippen LogP contribution in [0, 0.1) is 11.6 Å².